The minimum atomic E-state index is 0.482. The molecule has 2 heterocycles. The van der Waals surface area contributed by atoms with E-state index >= 15 is 0 Å². The van der Waals surface area contributed by atoms with Crippen LogP contribution in [0.3, 0.4) is 0 Å². The summed E-state index contributed by atoms with van der Waals surface area (Å²) >= 11 is 0. The molecule has 6 nitrogen and oxygen atoms in total. The van der Waals surface area contributed by atoms with Crippen LogP contribution >= 0.6 is 0 Å². The fraction of sp³-hybridized carbons (Fsp3) is 0.250. The van der Waals surface area contributed by atoms with Gasteiger partial charge in [0.15, 0.2) is 5.82 Å². The van der Waals surface area contributed by atoms with Crippen molar-refractivity contribution >= 4 is 5.82 Å². The van der Waals surface area contributed by atoms with Crippen molar-refractivity contribution < 1.29 is 4.52 Å². The zero-order valence-corrected chi connectivity index (χ0v) is 7.64. The Bertz CT molecular complexity index is 400. The molecule has 0 fully saturated rings. The lowest BCUT2D eigenvalue weighted by atomic mass is 10.4. The van der Waals surface area contributed by atoms with Crippen molar-refractivity contribution in [2.24, 2.45) is 0 Å². The summed E-state index contributed by atoms with van der Waals surface area (Å²) in [6.45, 7) is 2.36. The zero-order valence-electron chi connectivity index (χ0n) is 7.64. The predicted octanol–water partition coefficient (Wildman–Crippen LogP) is 0.780. The van der Waals surface area contributed by atoms with Crippen LogP contribution in [-0.4, -0.2) is 20.1 Å². The number of rotatable bonds is 3. The SMILES string of the molecule is Cc1nccnc1NCc1ncon1. The van der Waals surface area contributed by atoms with E-state index in [0.29, 0.717) is 12.4 Å². The van der Waals surface area contributed by atoms with Crippen LogP contribution in [0.15, 0.2) is 23.3 Å². The average molecular weight is 191 g/mol. The third-order valence-electron chi connectivity index (χ3n) is 1.70. The fourth-order valence-corrected chi connectivity index (χ4v) is 1.01. The van der Waals surface area contributed by atoms with Gasteiger partial charge in [-0.25, -0.2) is 4.98 Å². The second-order valence-corrected chi connectivity index (χ2v) is 2.69. The van der Waals surface area contributed by atoms with Crippen LogP contribution in [0.25, 0.3) is 0 Å². The Kier molecular flexibility index (Phi) is 2.35. The molecule has 0 atom stereocenters. The van der Waals surface area contributed by atoms with Crippen molar-refractivity contribution in [1.82, 2.24) is 20.1 Å². The van der Waals surface area contributed by atoms with Gasteiger partial charge < -0.3 is 9.84 Å². The molecular formula is C8H9N5O. The highest BCUT2D eigenvalue weighted by Crippen LogP contribution is 2.06. The van der Waals surface area contributed by atoms with Crippen LogP contribution in [-0.2, 0) is 6.54 Å². The third kappa shape index (κ3) is 1.85. The number of nitrogens with zero attached hydrogens (tertiary/aromatic N) is 4. The Labute approximate surface area is 80.4 Å². The van der Waals surface area contributed by atoms with E-state index in [-0.39, 0.29) is 0 Å². The van der Waals surface area contributed by atoms with E-state index in [1.165, 1.54) is 6.39 Å². The molecule has 6 heteroatoms. The summed E-state index contributed by atoms with van der Waals surface area (Å²) < 4.78 is 4.60. The first-order valence-corrected chi connectivity index (χ1v) is 4.13. The Hall–Kier alpha value is -1.98. The molecule has 0 saturated carbocycles. The molecule has 0 aliphatic heterocycles. The Morgan fingerprint density at radius 3 is 2.86 bits per heavy atom. The van der Waals surface area contributed by atoms with Crippen molar-refractivity contribution in [3.63, 3.8) is 0 Å². The number of hydrogen-bond donors (Lipinski definition) is 1. The van der Waals surface area contributed by atoms with E-state index in [9.17, 15) is 0 Å². The standard InChI is InChI=1S/C8H9N5O/c1-6-8(10-3-2-9-6)11-4-7-12-5-14-13-7/h2-3,5H,4H2,1H3,(H,10,11). The van der Waals surface area contributed by atoms with Gasteiger partial charge in [-0.1, -0.05) is 5.16 Å². The lowest BCUT2D eigenvalue weighted by molar-refractivity contribution is 0.411. The summed E-state index contributed by atoms with van der Waals surface area (Å²) in [5.41, 5.74) is 0.844. The van der Waals surface area contributed by atoms with Gasteiger partial charge in [-0.15, -0.1) is 0 Å². The van der Waals surface area contributed by atoms with E-state index in [0.717, 1.165) is 11.5 Å². The molecule has 0 aliphatic rings. The van der Waals surface area contributed by atoms with E-state index < -0.39 is 0 Å². The molecule has 72 valence electrons. The van der Waals surface area contributed by atoms with Crippen LogP contribution in [0.5, 0.6) is 0 Å². The van der Waals surface area contributed by atoms with Gasteiger partial charge >= 0.3 is 0 Å². The van der Waals surface area contributed by atoms with Crippen LogP contribution in [0, 0.1) is 6.92 Å². The smallest absolute Gasteiger partial charge is 0.213 e. The summed E-state index contributed by atoms with van der Waals surface area (Å²) in [6, 6.07) is 0. The van der Waals surface area contributed by atoms with E-state index in [1.54, 1.807) is 12.4 Å². The van der Waals surface area contributed by atoms with Crippen molar-refractivity contribution in [3.8, 4) is 0 Å². The maximum atomic E-state index is 4.60. The number of hydrogen-bond acceptors (Lipinski definition) is 6. The number of aromatic nitrogens is 4. The predicted molar refractivity (Wildman–Crippen MR) is 48.4 cm³/mol. The molecule has 2 rings (SSSR count). The molecule has 14 heavy (non-hydrogen) atoms. The molecule has 0 radical (unpaired) electrons. The van der Waals surface area contributed by atoms with E-state index in [1.807, 2.05) is 6.92 Å². The van der Waals surface area contributed by atoms with E-state index in [4.69, 9.17) is 0 Å². The molecule has 0 unspecified atom stereocenters. The van der Waals surface area contributed by atoms with Gasteiger partial charge in [-0.05, 0) is 6.92 Å². The summed E-state index contributed by atoms with van der Waals surface area (Å²) in [5, 5.41) is 6.72. The molecule has 0 aromatic carbocycles. The lowest BCUT2D eigenvalue weighted by Gasteiger charge is -2.03. The molecule has 2 aromatic rings. The van der Waals surface area contributed by atoms with Crippen LogP contribution < -0.4 is 5.32 Å². The first-order chi connectivity index (χ1) is 6.86. The van der Waals surface area contributed by atoms with Crippen molar-refractivity contribution in [2.45, 2.75) is 13.5 Å². The molecule has 0 bridgehead atoms. The van der Waals surface area contributed by atoms with Crippen LogP contribution in [0.1, 0.15) is 11.5 Å². The van der Waals surface area contributed by atoms with Gasteiger partial charge in [0.1, 0.15) is 5.82 Å². The Balaban J connectivity index is 2.02. The highest BCUT2D eigenvalue weighted by molar-refractivity contribution is 5.38. The maximum Gasteiger partial charge on any atom is 0.213 e. The normalized spacial score (nSPS) is 10.1. The average Bonchev–Trinajstić information content (AvgIpc) is 2.69. The van der Waals surface area contributed by atoms with Crippen molar-refractivity contribution in [3.05, 3.63) is 30.3 Å². The summed E-state index contributed by atoms with van der Waals surface area (Å²) in [5.74, 6) is 1.33. The summed E-state index contributed by atoms with van der Waals surface area (Å²) in [7, 11) is 0. The monoisotopic (exact) mass is 191 g/mol. The van der Waals surface area contributed by atoms with Crippen LogP contribution in [0.4, 0.5) is 5.82 Å². The molecule has 1 N–H and O–H groups in total. The van der Waals surface area contributed by atoms with Gasteiger partial charge in [-0.3, -0.25) is 4.98 Å². The first kappa shape index (κ1) is 8.61. The molecule has 0 amide bonds. The highest BCUT2D eigenvalue weighted by Gasteiger charge is 2.01. The van der Waals surface area contributed by atoms with Crippen LogP contribution in [0.2, 0.25) is 0 Å². The maximum absolute atomic E-state index is 4.60. The zero-order chi connectivity index (χ0) is 9.80. The first-order valence-electron chi connectivity index (χ1n) is 4.13. The van der Waals surface area contributed by atoms with Gasteiger partial charge in [-0.2, -0.15) is 4.98 Å². The van der Waals surface area contributed by atoms with E-state index in [2.05, 4.69) is 29.9 Å². The highest BCUT2D eigenvalue weighted by atomic mass is 16.5. The van der Waals surface area contributed by atoms with Crippen molar-refractivity contribution in [1.29, 1.82) is 0 Å². The number of nitrogens with one attached hydrogen (secondary N) is 1. The fourth-order valence-electron chi connectivity index (χ4n) is 1.01. The summed E-state index contributed by atoms with van der Waals surface area (Å²) in [4.78, 5) is 12.1. The second-order valence-electron chi connectivity index (χ2n) is 2.69. The van der Waals surface area contributed by atoms with Crippen molar-refractivity contribution in [2.75, 3.05) is 5.32 Å². The summed E-state index contributed by atoms with van der Waals surface area (Å²) in [6.07, 6.45) is 4.57. The number of aryl methyl sites for hydroxylation is 1. The van der Waals surface area contributed by atoms with Gasteiger partial charge in [0, 0.05) is 12.4 Å². The number of anilines is 1. The Morgan fingerprint density at radius 2 is 2.14 bits per heavy atom. The molecular weight excluding hydrogens is 182 g/mol. The molecule has 0 spiro atoms. The quantitative estimate of drug-likeness (QED) is 0.772. The molecule has 0 aliphatic carbocycles. The lowest BCUT2D eigenvalue weighted by Crippen LogP contribution is -2.05. The van der Waals surface area contributed by atoms with Gasteiger partial charge in [0.25, 0.3) is 0 Å². The topological polar surface area (TPSA) is 76.7 Å². The minimum Gasteiger partial charge on any atom is -0.361 e. The second kappa shape index (κ2) is 3.82. The van der Waals surface area contributed by atoms with Gasteiger partial charge in [0.05, 0.1) is 12.2 Å². The minimum absolute atomic E-state index is 0.482. The largest absolute Gasteiger partial charge is 0.361 e. The molecule has 0 saturated heterocycles. The van der Waals surface area contributed by atoms with Gasteiger partial charge in [0.2, 0.25) is 6.39 Å². The third-order valence-corrected chi connectivity index (χ3v) is 1.70. The molecule has 2 aromatic heterocycles. The Morgan fingerprint density at radius 1 is 1.29 bits per heavy atom.